The molecule has 68 valence electrons. The molecule has 0 radical (unpaired) electrons. The summed E-state index contributed by atoms with van der Waals surface area (Å²) in [6, 6.07) is 1.66. The van der Waals surface area contributed by atoms with Crippen LogP contribution in [0.4, 0.5) is 0 Å². The third kappa shape index (κ3) is 1.54. The molecule has 13 heavy (non-hydrogen) atoms. The van der Waals surface area contributed by atoms with Crippen LogP contribution < -0.4 is 0 Å². The van der Waals surface area contributed by atoms with Gasteiger partial charge >= 0.3 is 0 Å². The van der Waals surface area contributed by atoms with Crippen molar-refractivity contribution in [3.05, 3.63) is 27.6 Å². The first-order valence-electron chi connectivity index (χ1n) is 3.52. The van der Waals surface area contributed by atoms with Gasteiger partial charge in [-0.1, -0.05) is 11.6 Å². The summed E-state index contributed by atoms with van der Waals surface area (Å²) < 4.78 is 2.00. The Kier molecular flexibility index (Phi) is 2.23. The maximum Gasteiger partial charge on any atom is 0.218 e. The second-order valence-electron chi connectivity index (χ2n) is 2.50. The SMILES string of the molecule is OCc1cc(Cl)c2nc(Br)nn2c1. The van der Waals surface area contributed by atoms with Crippen LogP contribution in [0.15, 0.2) is 17.0 Å². The Morgan fingerprint density at radius 1 is 1.62 bits per heavy atom. The first kappa shape index (κ1) is 8.93. The van der Waals surface area contributed by atoms with Gasteiger partial charge in [-0.3, -0.25) is 0 Å². The van der Waals surface area contributed by atoms with Crippen LogP contribution in [0.25, 0.3) is 5.65 Å². The quantitative estimate of drug-likeness (QED) is 0.850. The Labute approximate surface area is 87.3 Å². The summed E-state index contributed by atoms with van der Waals surface area (Å²) in [5.41, 5.74) is 1.28. The van der Waals surface area contributed by atoms with Crippen LogP contribution in [0.1, 0.15) is 5.56 Å². The van der Waals surface area contributed by atoms with E-state index in [-0.39, 0.29) is 6.61 Å². The zero-order chi connectivity index (χ0) is 9.42. The molecule has 0 aliphatic heterocycles. The molecule has 2 aromatic heterocycles. The van der Waals surface area contributed by atoms with Gasteiger partial charge in [-0.05, 0) is 27.6 Å². The normalized spacial score (nSPS) is 11.0. The molecule has 2 aromatic rings. The Morgan fingerprint density at radius 2 is 2.38 bits per heavy atom. The highest BCUT2D eigenvalue weighted by Gasteiger charge is 2.06. The van der Waals surface area contributed by atoms with E-state index in [2.05, 4.69) is 26.0 Å². The lowest BCUT2D eigenvalue weighted by molar-refractivity contribution is 0.281. The third-order valence-corrected chi connectivity index (χ3v) is 2.22. The van der Waals surface area contributed by atoms with Crippen LogP contribution >= 0.6 is 27.5 Å². The molecule has 0 saturated carbocycles. The van der Waals surface area contributed by atoms with Gasteiger partial charge in [0.25, 0.3) is 0 Å². The predicted molar refractivity (Wildman–Crippen MR) is 51.6 cm³/mol. The summed E-state index contributed by atoms with van der Waals surface area (Å²) >= 11 is 9.04. The predicted octanol–water partition coefficient (Wildman–Crippen LogP) is 1.64. The summed E-state index contributed by atoms with van der Waals surface area (Å²) in [4.78, 5) is 4.04. The van der Waals surface area contributed by atoms with E-state index in [1.807, 2.05) is 0 Å². The highest BCUT2D eigenvalue weighted by molar-refractivity contribution is 9.10. The molecular formula is C7H5BrClN3O. The minimum atomic E-state index is -0.0624. The van der Waals surface area contributed by atoms with E-state index >= 15 is 0 Å². The summed E-state index contributed by atoms with van der Waals surface area (Å²) in [5.74, 6) is 0. The number of aromatic nitrogens is 3. The summed E-state index contributed by atoms with van der Waals surface area (Å²) in [6.45, 7) is -0.0624. The molecule has 0 bridgehead atoms. The van der Waals surface area contributed by atoms with Crippen molar-refractivity contribution in [3.63, 3.8) is 0 Å². The fourth-order valence-electron chi connectivity index (χ4n) is 1.06. The van der Waals surface area contributed by atoms with Gasteiger partial charge in [0, 0.05) is 6.20 Å². The Morgan fingerprint density at radius 3 is 3.08 bits per heavy atom. The lowest BCUT2D eigenvalue weighted by Crippen LogP contribution is -1.92. The minimum absolute atomic E-state index is 0.0624. The molecule has 0 atom stereocenters. The second kappa shape index (κ2) is 3.25. The first-order valence-corrected chi connectivity index (χ1v) is 4.69. The Hall–Kier alpha value is -0.650. The molecule has 0 saturated heterocycles. The summed E-state index contributed by atoms with van der Waals surface area (Å²) in [6.07, 6.45) is 1.68. The number of pyridine rings is 1. The number of hydrogen-bond donors (Lipinski definition) is 1. The number of hydrogen-bond acceptors (Lipinski definition) is 3. The molecular weight excluding hydrogens is 257 g/mol. The van der Waals surface area contributed by atoms with Crippen molar-refractivity contribution in [2.24, 2.45) is 0 Å². The van der Waals surface area contributed by atoms with E-state index in [0.717, 1.165) is 0 Å². The number of fused-ring (bicyclic) bond motifs is 1. The van der Waals surface area contributed by atoms with Gasteiger partial charge in [-0.2, -0.15) is 4.98 Å². The molecule has 4 nitrogen and oxygen atoms in total. The van der Waals surface area contributed by atoms with Gasteiger partial charge in [-0.15, -0.1) is 5.10 Å². The van der Waals surface area contributed by atoms with Crippen LogP contribution in [0.2, 0.25) is 5.02 Å². The average molecular weight is 262 g/mol. The van der Waals surface area contributed by atoms with Crippen molar-refractivity contribution in [1.29, 1.82) is 0 Å². The molecule has 1 N–H and O–H groups in total. The van der Waals surface area contributed by atoms with Crippen LogP contribution in [-0.4, -0.2) is 19.7 Å². The molecule has 0 amide bonds. The highest BCUT2D eigenvalue weighted by Crippen LogP contribution is 2.18. The molecule has 0 aliphatic rings. The maximum absolute atomic E-state index is 8.90. The number of aliphatic hydroxyl groups excluding tert-OH is 1. The first-order chi connectivity index (χ1) is 6.20. The van der Waals surface area contributed by atoms with E-state index in [9.17, 15) is 0 Å². The van der Waals surface area contributed by atoms with Crippen LogP contribution in [0.3, 0.4) is 0 Å². The third-order valence-electron chi connectivity index (χ3n) is 1.60. The maximum atomic E-state index is 8.90. The number of aliphatic hydroxyl groups is 1. The molecule has 0 unspecified atom stereocenters. The molecule has 2 rings (SSSR count). The van der Waals surface area contributed by atoms with Gasteiger partial charge in [0.1, 0.15) is 0 Å². The van der Waals surface area contributed by atoms with Crippen molar-refractivity contribution >= 4 is 33.2 Å². The van der Waals surface area contributed by atoms with Crippen molar-refractivity contribution in [2.45, 2.75) is 6.61 Å². The van der Waals surface area contributed by atoms with Gasteiger partial charge in [0.05, 0.1) is 11.6 Å². The topological polar surface area (TPSA) is 50.4 Å². The lowest BCUT2D eigenvalue weighted by Gasteiger charge is -1.98. The van der Waals surface area contributed by atoms with E-state index in [0.29, 0.717) is 21.0 Å². The highest BCUT2D eigenvalue weighted by atomic mass is 79.9. The van der Waals surface area contributed by atoms with E-state index < -0.39 is 0 Å². The molecule has 2 heterocycles. The van der Waals surface area contributed by atoms with Gasteiger partial charge in [0.15, 0.2) is 5.65 Å². The van der Waals surface area contributed by atoms with Crippen molar-refractivity contribution in [2.75, 3.05) is 0 Å². The molecule has 6 heteroatoms. The fraction of sp³-hybridized carbons (Fsp3) is 0.143. The van der Waals surface area contributed by atoms with E-state index in [4.69, 9.17) is 16.7 Å². The van der Waals surface area contributed by atoms with Crippen molar-refractivity contribution in [3.8, 4) is 0 Å². The number of nitrogens with zero attached hydrogens (tertiary/aromatic N) is 3. The smallest absolute Gasteiger partial charge is 0.218 e. The zero-order valence-corrected chi connectivity index (χ0v) is 8.75. The standard InChI is InChI=1S/C7H5BrClN3O/c8-7-10-6-5(9)1-4(3-13)2-12(6)11-7/h1-2,13H,3H2. The van der Waals surface area contributed by atoms with Crippen LogP contribution in [-0.2, 0) is 6.61 Å². The van der Waals surface area contributed by atoms with E-state index in [1.165, 1.54) is 4.52 Å². The van der Waals surface area contributed by atoms with E-state index in [1.54, 1.807) is 12.3 Å². The van der Waals surface area contributed by atoms with Gasteiger partial charge in [-0.25, -0.2) is 4.52 Å². The van der Waals surface area contributed by atoms with Gasteiger partial charge in [0.2, 0.25) is 4.73 Å². The van der Waals surface area contributed by atoms with Crippen LogP contribution in [0, 0.1) is 0 Å². The Balaban J connectivity index is 2.75. The number of halogens is 2. The van der Waals surface area contributed by atoms with Crippen molar-refractivity contribution < 1.29 is 5.11 Å². The minimum Gasteiger partial charge on any atom is -0.392 e. The lowest BCUT2D eigenvalue weighted by atomic mass is 10.3. The molecule has 0 aliphatic carbocycles. The summed E-state index contributed by atoms with van der Waals surface area (Å²) in [5, 5.41) is 13.4. The fourth-order valence-corrected chi connectivity index (χ4v) is 1.67. The largest absolute Gasteiger partial charge is 0.392 e. The zero-order valence-electron chi connectivity index (χ0n) is 6.41. The molecule has 0 aromatic carbocycles. The molecule has 0 fully saturated rings. The molecule has 0 spiro atoms. The average Bonchev–Trinajstić information content (AvgIpc) is 2.46. The second-order valence-corrected chi connectivity index (χ2v) is 3.62. The monoisotopic (exact) mass is 261 g/mol. The van der Waals surface area contributed by atoms with Crippen molar-refractivity contribution in [1.82, 2.24) is 14.6 Å². The Bertz CT molecular complexity index is 456. The summed E-state index contributed by atoms with van der Waals surface area (Å²) in [7, 11) is 0. The van der Waals surface area contributed by atoms with Gasteiger partial charge < -0.3 is 5.11 Å². The number of rotatable bonds is 1. The van der Waals surface area contributed by atoms with Crippen LogP contribution in [0.5, 0.6) is 0 Å².